The van der Waals surface area contributed by atoms with E-state index in [1.807, 2.05) is 0 Å². The summed E-state index contributed by atoms with van der Waals surface area (Å²) in [7, 11) is 0. The van der Waals surface area contributed by atoms with Crippen LogP contribution >= 0.6 is 23.2 Å². The van der Waals surface area contributed by atoms with Crippen molar-refractivity contribution in [2.24, 2.45) is 0 Å². The summed E-state index contributed by atoms with van der Waals surface area (Å²) < 4.78 is 40.1. The van der Waals surface area contributed by atoms with E-state index in [1.165, 1.54) is 16.7 Å². The molecule has 0 bridgehead atoms. The molecule has 1 aromatic carbocycles. The molecular formula is C14H12Cl2F3N3O2. The fourth-order valence-electron chi connectivity index (χ4n) is 2.37. The van der Waals surface area contributed by atoms with E-state index in [0.29, 0.717) is 17.1 Å². The largest absolute Gasteiger partial charge is 0.416 e. The third kappa shape index (κ3) is 3.19. The molecule has 5 nitrogen and oxygen atoms in total. The minimum atomic E-state index is -4.84. The van der Waals surface area contributed by atoms with Gasteiger partial charge in [0.05, 0.1) is 12.2 Å². The summed E-state index contributed by atoms with van der Waals surface area (Å²) in [6.45, 7) is -0.453. The Bertz CT molecular complexity index is 810. The molecular weight excluding hydrogens is 370 g/mol. The number of aliphatic hydroxyl groups is 1. The Balaban J connectivity index is 2.13. The summed E-state index contributed by atoms with van der Waals surface area (Å²) in [5, 5.41) is 12.7. The van der Waals surface area contributed by atoms with E-state index >= 15 is 0 Å². The number of rotatable bonds is 4. The monoisotopic (exact) mass is 381 g/mol. The topological polar surface area (TPSA) is 69.1 Å². The number of benzene rings is 1. The Labute approximate surface area is 144 Å². The lowest BCUT2D eigenvalue weighted by Gasteiger charge is -2.16. The second-order valence-electron chi connectivity index (χ2n) is 5.39. The van der Waals surface area contributed by atoms with Crippen molar-refractivity contribution in [3.63, 3.8) is 0 Å². The summed E-state index contributed by atoms with van der Waals surface area (Å²) in [4.78, 5) is 12.5. The number of nitrogens with one attached hydrogen (secondary N) is 1. The molecule has 1 aromatic heterocycles. The summed E-state index contributed by atoms with van der Waals surface area (Å²) in [5.74, 6) is 0. The van der Waals surface area contributed by atoms with Crippen molar-refractivity contribution in [2.75, 3.05) is 6.54 Å². The zero-order chi connectivity index (χ0) is 17.6. The molecule has 1 aliphatic heterocycles. The molecule has 2 heterocycles. The van der Waals surface area contributed by atoms with E-state index in [0.717, 1.165) is 4.57 Å². The number of hydrogen-bond acceptors (Lipinski definition) is 3. The molecule has 130 valence electrons. The van der Waals surface area contributed by atoms with Gasteiger partial charge in [-0.1, -0.05) is 35.3 Å². The number of hydrogen-bond donors (Lipinski definition) is 2. The van der Waals surface area contributed by atoms with Gasteiger partial charge in [-0.05, 0) is 12.1 Å². The van der Waals surface area contributed by atoms with E-state index in [1.54, 1.807) is 12.1 Å². The third-order valence-corrected chi connectivity index (χ3v) is 4.28. The van der Waals surface area contributed by atoms with Crippen molar-refractivity contribution in [1.82, 2.24) is 14.5 Å². The zero-order valence-electron chi connectivity index (χ0n) is 12.0. The van der Waals surface area contributed by atoms with Crippen LogP contribution in [0.2, 0.25) is 10.2 Å². The first-order valence-corrected chi connectivity index (χ1v) is 7.70. The highest BCUT2D eigenvalue weighted by Crippen LogP contribution is 2.32. The van der Waals surface area contributed by atoms with Crippen LogP contribution in [0.3, 0.4) is 0 Å². The zero-order valence-corrected chi connectivity index (χ0v) is 13.5. The SMILES string of the molecule is O=c1n(CC(O)C(F)(F)F)c(-c2ccc(Cl)cc2)c(Cl)n1C1CN1. The molecule has 2 unspecified atom stereocenters. The Morgan fingerprint density at radius 2 is 1.88 bits per heavy atom. The smallest absolute Gasteiger partial charge is 0.382 e. The molecule has 0 aliphatic carbocycles. The van der Waals surface area contributed by atoms with Crippen LogP contribution in [0.15, 0.2) is 29.1 Å². The maximum atomic E-state index is 12.7. The maximum absolute atomic E-state index is 12.7. The van der Waals surface area contributed by atoms with Gasteiger partial charge in [0, 0.05) is 17.1 Å². The third-order valence-electron chi connectivity index (χ3n) is 3.66. The Morgan fingerprint density at radius 1 is 1.29 bits per heavy atom. The molecule has 3 rings (SSSR count). The number of aromatic nitrogens is 2. The Kier molecular flexibility index (Phi) is 4.41. The summed E-state index contributed by atoms with van der Waals surface area (Å²) >= 11 is 12.1. The fourth-order valence-corrected chi connectivity index (χ4v) is 2.90. The predicted octanol–water partition coefficient (Wildman–Crippen LogP) is 2.65. The molecule has 2 N–H and O–H groups in total. The van der Waals surface area contributed by atoms with Crippen molar-refractivity contribution in [3.8, 4) is 11.3 Å². The molecule has 0 saturated carbocycles. The number of aliphatic hydroxyl groups excluding tert-OH is 1. The van der Waals surface area contributed by atoms with Crippen LogP contribution in [0, 0.1) is 0 Å². The highest BCUT2D eigenvalue weighted by molar-refractivity contribution is 6.32. The lowest BCUT2D eigenvalue weighted by Crippen LogP contribution is -2.37. The van der Waals surface area contributed by atoms with Crippen LogP contribution in [-0.2, 0) is 6.54 Å². The Morgan fingerprint density at radius 3 is 2.38 bits per heavy atom. The summed E-state index contributed by atoms with van der Waals surface area (Å²) in [5.41, 5.74) is -0.186. The van der Waals surface area contributed by atoms with Crippen LogP contribution in [0.1, 0.15) is 6.17 Å². The van der Waals surface area contributed by atoms with E-state index in [4.69, 9.17) is 23.2 Å². The van der Waals surface area contributed by atoms with Gasteiger partial charge in [0.2, 0.25) is 0 Å². The lowest BCUT2D eigenvalue weighted by molar-refractivity contribution is -0.207. The van der Waals surface area contributed by atoms with Crippen LogP contribution in [0.5, 0.6) is 0 Å². The number of halogens is 5. The van der Waals surface area contributed by atoms with E-state index < -0.39 is 24.5 Å². The summed E-state index contributed by atoms with van der Waals surface area (Å²) in [6.07, 6.45) is -7.89. The van der Waals surface area contributed by atoms with Crippen molar-refractivity contribution < 1.29 is 18.3 Å². The van der Waals surface area contributed by atoms with Gasteiger partial charge in [-0.2, -0.15) is 13.2 Å². The number of nitrogens with zero attached hydrogens (tertiary/aromatic N) is 2. The van der Waals surface area contributed by atoms with Gasteiger partial charge in [-0.3, -0.25) is 14.5 Å². The molecule has 0 amide bonds. The van der Waals surface area contributed by atoms with Crippen molar-refractivity contribution in [1.29, 1.82) is 0 Å². The van der Waals surface area contributed by atoms with Crippen LogP contribution in [0.4, 0.5) is 13.2 Å². The van der Waals surface area contributed by atoms with Gasteiger partial charge in [0.1, 0.15) is 11.3 Å². The molecule has 0 spiro atoms. The molecule has 0 radical (unpaired) electrons. The second kappa shape index (κ2) is 6.11. The normalized spacial score (nSPS) is 18.7. The molecule has 1 saturated heterocycles. The first kappa shape index (κ1) is 17.3. The minimum Gasteiger partial charge on any atom is -0.382 e. The number of alkyl halides is 3. The average Bonchev–Trinajstić information content (AvgIpc) is 3.28. The standard InChI is InChI=1S/C14H12Cl2F3N3O2/c15-8-3-1-7(2-4-8)11-12(16)22(10-5-20-10)13(24)21(11)6-9(23)14(17,18)19/h1-4,9-10,20,23H,5-6H2. The van der Waals surface area contributed by atoms with Crippen LogP contribution < -0.4 is 11.0 Å². The highest BCUT2D eigenvalue weighted by atomic mass is 35.5. The quantitative estimate of drug-likeness (QED) is 0.799. The van der Waals surface area contributed by atoms with Crippen LogP contribution in [0.25, 0.3) is 11.3 Å². The van der Waals surface area contributed by atoms with Gasteiger partial charge in [0.25, 0.3) is 0 Å². The average molecular weight is 382 g/mol. The van der Waals surface area contributed by atoms with Gasteiger partial charge in [-0.15, -0.1) is 0 Å². The molecule has 2 aromatic rings. The van der Waals surface area contributed by atoms with E-state index in [2.05, 4.69) is 5.32 Å². The van der Waals surface area contributed by atoms with Gasteiger partial charge < -0.3 is 5.11 Å². The van der Waals surface area contributed by atoms with Gasteiger partial charge in [0.15, 0.2) is 6.10 Å². The van der Waals surface area contributed by atoms with E-state index in [9.17, 15) is 23.1 Å². The van der Waals surface area contributed by atoms with Crippen molar-refractivity contribution >= 4 is 23.2 Å². The predicted molar refractivity (Wildman–Crippen MR) is 83.2 cm³/mol. The molecule has 24 heavy (non-hydrogen) atoms. The summed E-state index contributed by atoms with van der Waals surface area (Å²) in [6, 6.07) is 6.16. The number of imidazole rings is 1. The highest BCUT2D eigenvalue weighted by Gasteiger charge is 2.40. The molecule has 10 heteroatoms. The lowest BCUT2D eigenvalue weighted by atomic mass is 10.1. The van der Waals surface area contributed by atoms with Crippen LogP contribution in [-0.4, -0.2) is 33.1 Å². The van der Waals surface area contributed by atoms with Gasteiger partial charge >= 0.3 is 11.9 Å². The van der Waals surface area contributed by atoms with Crippen molar-refractivity contribution in [2.45, 2.75) is 25.0 Å². The minimum absolute atomic E-state index is 0.00620. The van der Waals surface area contributed by atoms with Gasteiger partial charge in [-0.25, -0.2) is 4.79 Å². The second-order valence-corrected chi connectivity index (χ2v) is 6.19. The fraction of sp³-hybridized carbons (Fsp3) is 0.357. The first-order chi connectivity index (χ1) is 11.2. The molecule has 2 atom stereocenters. The van der Waals surface area contributed by atoms with E-state index in [-0.39, 0.29) is 17.0 Å². The first-order valence-electron chi connectivity index (χ1n) is 6.94. The molecule has 1 aliphatic rings. The Hall–Kier alpha value is -1.48. The maximum Gasteiger partial charge on any atom is 0.416 e. The van der Waals surface area contributed by atoms with Crippen molar-refractivity contribution in [3.05, 3.63) is 44.9 Å². The molecule has 1 fully saturated rings.